The molecule has 0 aromatic heterocycles. The molecule has 0 aliphatic carbocycles. The summed E-state index contributed by atoms with van der Waals surface area (Å²) in [6.45, 7) is 8.46. The number of rotatable bonds is 10. The van der Waals surface area contributed by atoms with Gasteiger partial charge in [0.05, 0.1) is 6.54 Å². The molecule has 0 unspecified atom stereocenters. The standard InChI is InChI=1S/C14H30N4.HI/c1-13(2)12-17-14(15)16-10-8-6-5-7-9-11-18(3)4;/h1,5-12H2,2-4H3,(H3,15,16,17);1H. The normalized spacial score (nSPS) is 11.3. The molecule has 0 saturated carbocycles. The first-order valence-corrected chi connectivity index (χ1v) is 6.85. The van der Waals surface area contributed by atoms with Crippen LogP contribution in [0.1, 0.15) is 39.0 Å². The number of aliphatic imine (C=N–C) groups is 1. The van der Waals surface area contributed by atoms with Gasteiger partial charge in [0.15, 0.2) is 5.96 Å². The van der Waals surface area contributed by atoms with E-state index in [1.807, 2.05) is 6.92 Å². The van der Waals surface area contributed by atoms with Gasteiger partial charge in [-0.3, -0.25) is 0 Å². The summed E-state index contributed by atoms with van der Waals surface area (Å²) in [6, 6.07) is 0. The number of nitrogens with zero attached hydrogens (tertiary/aromatic N) is 2. The molecule has 0 atom stereocenters. The molecule has 0 aliphatic heterocycles. The van der Waals surface area contributed by atoms with Crippen molar-refractivity contribution < 1.29 is 0 Å². The Balaban J connectivity index is 0. The van der Waals surface area contributed by atoms with Crippen LogP contribution in [0.5, 0.6) is 0 Å². The average Bonchev–Trinajstić information content (AvgIpc) is 2.29. The molecule has 0 aliphatic rings. The van der Waals surface area contributed by atoms with Crippen molar-refractivity contribution in [1.82, 2.24) is 10.2 Å². The maximum Gasteiger partial charge on any atom is 0.188 e. The minimum atomic E-state index is 0. The maximum absolute atomic E-state index is 5.71. The molecule has 0 amide bonds. The van der Waals surface area contributed by atoms with E-state index < -0.39 is 0 Å². The summed E-state index contributed by atoms with van der Waals surface area (Å²) in [5.41, 5.74) is 6.74. The minimum absolute atomic E-state index is 0. The van der Waals surface area contributed by atoms with Crippen molar-refractivity contribution in [3.8, 4) is 0 Å². The third-order valence-electron chi connectivity index (χ3n) is 2.61. The van der Waals surface area contributed by atoms with Gasteiger partial charge in [-0.05, 0) is 40.4 Å². The predicted molar refractivity (Wildman–Crippen MR) is 96.4 cm³/mol. The van der Waals surface area contributed by atoms with Crippen molar-refractivity contribution in [2.45, 2.75) is 39.0 Å². The lowest BCUT2D eigenvalue weighted by Crippen LogP contribution is -2.32. The first-order valence-electron chi connectivity index (χ1n) is 6.85. The number of nitrogens with one attached hydrogen (secondary N) is 1. The van der Waals surface area contributed by atoms with E-state index in [4.69, 9.17) is 5.73 Å². The fourth-order valence-corrected chi connectivity index (χ4v) is 1.58. The largest absolute Gasteiger partial charge is 0.370 e. The Kier molecular flexibility index (Phi) is 15.6. The van der Waals surface area contributed by atoms with Crippen LogP contribution in [0, 0.1) is 0 Å². The molecule has 114 valence electrons. The monoisotopic (exact) mass is 382 g/mol. The number of halogens is 1. The van der Waals surface area contributed by atoms with E-state index >= 15 is 0 Å². The van der Waals surface area contributed by atoms with Crippen molar-refractivity contribution >= 4 is 29.9 Å². The molecule has 5 heteroatoms. The van der Waals surface area contributed by atoms with Crippen LogP contribution < -0.4 is 11.1 Å². The number of guanidine groups is 1. The molecule has 4 nitrogen and oxygen atoms in total. The van der Waals surface area contributed by atoms with E-state index in [1.54, 1.807) is 0 Å². The van der Waals surface area contributed by atoms with Gasteiger partial charge < -0.3 is 16.0 Å². The number of unbranched alkanes of at least 4 members (excludes halogenated alkanes) is 4. The Morgan fingerprint density at radius 1 is 1.16 bits per heavy atom. The van der Waals surface area contributed by atoms with E-state index in [-0.39, 0.29) is 24.0 Å². The summed E-state index contributed by atoms with van der Waals surface area (Å²) in [4.78, 5) is 6.40. The van der Waals surface area contributed by atoms with E-state index in [1.165, 1.54) is 32.2 Å². The van der Waals surface area contributed by atoms with Crippen LogP contribution in [-0.2, 0) is 0 Å². The quantitative estimate of drug-likeness (QED) is 0.201. The van der Waals surface area contributed by atoms with Crippen LogP contribution in [0.4, 0.5) is 0 Å². The van der Waals surface area contributed by atoms with Crippen molar-refractivity contribution in [2.75, 3.05) is 33.7 Å². The number of hydrogen-bond donors (Lipinski definition) is 2. The summed E-state index contributed by atoms with van der Waals surface area (Å²) >= 11 is 0. The van der Waals surface area contributed by atoms with Crippen LogP contribution in [0.25, 0.3) is 0 Å². The molecule has 0 aromatic carbocycles. The molecular weight excluding hydrogens is 351 g/mol. The lowest BCUT2D eigenvalue weighted by molar-refractivity contribution is 0.389. The smallest absolute Gasteiger partial charge is 0.188 e. The Morgan fingerprint density at radius 3 is 2.32 bits per heavy atom. The zero-order valence-electron chi connectivity index (χ0n) is 12.7. The number of nitrogens with two attached hydrogens (primary N) is 1. The van der Waals surface area contributed by atoms with E-state index in [0.29, 0.717) is 12.5 Å². The second-order valence-electron chi connectivity index (χ2n) is 5.16. The highest BCUT2D eigenvalue weighted by Gasteiger charge is 1.94. The molecule has 3 N–H and O–H groups in total. The molecule has 0 radical (unpaired) electrons. The zero-order valence-corrected chi connectivity index (χ0v) is 15.1. The Bertz CT molecular complexity index is 252. The Morgan fingerprint density at radius 2 is 1.74 bits per heavy atom. The van der Waals surface area contributed by atoms with Crippen LogP contribution in [0.2, 0.25) is 0 Å². The molecule has 0 saturated heterocycles. The van der Waals surface area contributed by atoms with Crippen LogP contribution in [0.3, 0.4) is 0 Å². The molecule has 0 fully saturated rings. The summed E-state index contributed by atoms with van der Waals surface area (Å²) < 4.78 is 0. The van der Waals surface area contributed by atoms with E-state index in [2.05, 4.69) is 35.9 Å². The SMILES string of the molecule is C=C(C)CN=C(N)NCCCCCCCN(C)C.I. The lowest BCUT2D eigenvalue weighted by atomic mass is 10.1. The molecule has 0 heterocycles. The highest BCUT2D eigenvalue weighted by molar-refractivity contribution is 14.0. The van der Waals surface area contributed by atoms with Crippen LogP contribution in [0.15, 0.2) is 17.1 Å². The summed E-state index contributed by atoms with van der Waals surface area (Å²) in [5.74, 6) is 0.533. The first kappa shape index (κ1) is 21.0. The van der Waals surface area contributed by atoms with Gasteiger partial charge in [-0.25, -0.2) is 4.99 Å². The molecule has 0 bridgehead atoms. The van der Waals surface area contributed by atoms with E-state index in [0.717, 1.165) is 18.5 Å². The topological polar surface area (TPSA) is 53.6 Å². The molecular formula is C14H31IN4. The zero-order chi connectivity index (χ0) is 13.8. The highest BCUT2D eigenvalue weighted by atomic mass is 127. The summed E-state index contributed by atoms with van der Waals surface area (Å²) in [5, 5.41) is 3.13. The van der Waals surface area contributed by atoms with Gasteiger partial charge in [0.25, 0.3) is 0 Å². The van der Waals surface area contributed by atoms with Crippen molar-refractivity contribution in [3.05, 3.63) is 12.2 Å². The van der Waals surface area contributed by atoms with Crippen molar-refractivity contribution in [2.24, 2.45) is 10.7 Å². The molecule has 0 spiro atoms. The van der Waals surface area contributed by atoms with Crippen LogP contribution in [-0.4, -0.2) is 44.6 Å². The summed E-state index contributed by atoms with van der Waals surface area (Å²) in [6.07, 6.45) is 6.33. The first-order chi connectivity index (χ1) is 8.52. The molecule has 19 heavy (non-hydrogen) atoms. The van der Waals surface area contributed by atoms with E-state index in [9.17, 15) is 0 Å². The van der Waals surface area contributed by atoms with Crippen molar-refractivity contribution in [3.63, 3.8) is 0 Å². The third-order valence-corrected chi connectivity index (χ3v) is 2.61. The molecule has 0 rings (SSSR count). The van der Waals surface area contributed by atoms with Gasteiger partial charge in [-0.1, -0.05) is 31.4 Å². The lowest BCUT2D eigenvalue weighted by Gasteiger charge is -2.09. The van der Waals surface area contributed by atoms with Gasteiger partial charge in [-0.2, -0.15) is 0 Å². The minimum Gasteiger partial charge on any atom is -0.370 e. The molecule has 0 aromatic rings. The fourth-order valence-electron chi connectivity index (χ4n) is 1.58. The van der Waals surface area contributed by atoms with Crippen molar-refractivity contribution in [1.29, 1.82) is 0 Å². The van der Waals surface area contributed by atoms with Gasteiger partial charge in [0.2, 0.25) is 0 Å². The second-order valence-corrected chi connectivity index (χ2v) is 5.16. The maximum atomic E-state index is 5.71. The Labute approximate surface area is 135 Å². The summed E-state index contributed by atoms with van der Waals surface area (Å²) in [7, 11) is 4.24. The van der Waals surface area contributed by atoms with Gasteiger partial charge in [0.1, 0.15) is 0 Å². The second kappa shape index (κ2) is 14.1. The number of hydrogen-bond acceptors (Lipinski definition) is 2. The van der Waals surface area contributed by atoms with Gasteiger partial charge >= 0.3 is 0 Å². The third kappa shape index (κ3) is 17.7. The van der Waals surface area contributed by atoms with Crippen LogP contribution >= 0.6 is 24.0 Å². The van der Waals surface area contributed by atoms with Gasteiger partial charge in [0, 0.05) is 6.54 Å². The van der Waals surface area contributed by atoms with Gasteiger partial charge in [-0.15, -0.1) is 24.0 Å². The average molecular weight is 382 g/mol. The Hall–Kier alpha value is -0.300. The highest BCUT2D eigenvalue weighted by Crippen LogP contribution is 2.02. The predicted octanol–water partition coefficient (Wildman–Crippen LogP) is 2.60. The fraction of sp³-hybridized carbons (Fsp3) is 0.786.